The molecule has 0 radical (unpaired) electrons. The SMILES string of the molecule is c1ccc2cc(-c3nc(-c4ccc5c(c4)oc4cc6ccccc6cc45)nc(-c4cccc5ccccc45)n3)ccc2c1. The second-order valence-corrected chi connectivity index (χ2v) is 10.9. The molecule has 9 rings (SSSR count). The maximum Gasteiger partial charge on any atom is 0.164 e. The average molecular weight is 550 g/mol. The predicted molar refractivity (Wildman–Crippen MR) is 176 cm³/mol. The van der Waals surface area contributed by atoms with E-state index < -0.39 is 0 Å². The number of hydrogen-bond donors (Lipinski definition) is 0. The Bertz CT molecular complexity index is 2520. The van der Waals surface area contributed by atoms with Crippen LogP contribution in [0.1, 0.15) is 0 Å². The summed E-state index contributed by atoms with van der Waals surface area (Å²) < 4.78 is 6.39. The van der Waals surface area contributed by atoms with Crippen molar-refractivity contribution in [2.75, 3.05) is 0 Å². The molecule has 0 aliphatic carbocycles. The van der Waals surface area contributed by atoms with Crippen LogP contribution in [0.2, 0.25) is 0 Å². The van der Waals surface area contributed by atoms with Crippen molar-refractivity contribution in [1.82, 2.24) is 15.0 Å². The van der Waals surface area contributed by atoms with Gasteiger partial charge in [0.25, 0.3) is 0 Å². The Hall–Kier alpha value is -5.87. The van der Waals surface area contributed by atoms with E-state index in [4.69, 9.17) is 19.4 Å². The third kappa shape index (κ3) is 3.96. The molecule has 0 spiro atoms. The number of nitrogens with zero attached hydrogens (tertiary/aromatic N) is 3. The van der Waals surface area contributed by atoms with Gasteiger partial charge in [0.05, 0.1) is 0 Å². The molecule has 0 aliphatic heterocycles. The zero-order chi connectivity index (χ0) is 28.3. The molecule has 0 bridgehead atoms. The third-order valence-electron chi connectivity index (χ3n) is 8.27. The van der Waals surface area contributed by atoms with Crippen molar-refractivity contribution >= 4 is 54.3 Å². The van der Waals surface area contributed by atoms with Gasteiger partial charge in [-0.05, 0) is 62.6 Å². The summed E-state index contributed by atoms with van der Waals surface area (Å²) in [6.07, 6.45) is 0. The quantitative estimate of drug-likeness (QED) is 0.220. The van der Waals surface area contributed by atoms with E-state index in [2.05, 4.69) is 133 Å². The fourth-order valence-corrected chi connectivity index (χ4v) is 6.10. The van der Waals surface area contributed by atoms with Gasteiger partial charge in [-0.2, -0.15) is 0 Å². The molecule has 0 amide bonds. The van der Waals surface area contributed by atoms with Crippen molar-refractivity contribution in [3.63, 3.8) is 0 Å². The first-order valence-electron chi connectivity index (χ1n) is 14.4. The van der Waals surface area contributed by atoms with Crippen molar-refractivity contribution in [3.8, 4) is 34.2 Å². The summed E-state index contributed by atoms with van der Waals surface area (Å²) in [5.41, 5.74) is 4.47. The lowest BCUT2D eigenvalue weighted by molar-refractivity contribution is 0.669. The van der Waals surface area contributed by atoms with Crippen LogP contribution in [0.15, 0.2) is 144 Å². The van der Waals surface area contributed by atoms with Gasteiger partial charge in [-0.1, -0.05) is 109 Å². The minimum atomic E-state index is 0.605. The molecule has 2 heterocycles. The van der Waals surface area contributed by atoms with Crippen LogP contribution in [0, 0.1) is 0 Å². The van der Waals surface area contributed by atoms with Crippen LogP contribution in [0.4, 0.5) is 0 Å². The number of benzene rings is 7. The lowest BCUT2D eigenvalue weighted by Crippen LogP contribution is -2.00. The van der Waals surface area contributed by atoms with E-state index >= 15 is 0 Å². The number of furan rings is 1. The van der Waals surface area contributed by atoms with Crippen LogP contribution in [0.25, 0.3) is 88.4 Å². The third-order valence-corrected chi connectivity index (χ3v) is 8.27. The molecule has 0 fully saturated rings. The highest BCUT2D eigenvalue weighted by Gasteiger charge is 2.16. The fourth-order valence-electron chi connectivity index (χ4n) is 6.10. The Labute approximate surface area is 246 Å². The first-order valence-corrected chi connectivity index (χ1v) is 14.4. The van der Waals surface area contributed by atoms with Gasteiger partial charge in [0.15, 0.2) is 17.5 Å². The Kier molecular flexibility index (Phi) is 5.16. The standard InChI is InChI=1S/C39H23N3O/c1-2-10-26-20-29(17-16-24(26)8-1)37-40-38(42-39(41-37)33-15-7-13-25-9-5-6-14-31(25)33)30-18-19-32-34-21-27-11-3-4-12-28(27)22-36(34)43-35(32)23-30/h1-23H. The van der Waals surface area contributed by atoms with Gasteiger partial charge in [0.2, 0.25) is 0 Å². The van der Waals surface area contributed by atoms with Crippen molar-refractivity contribution in [1.29, 1.82) is 0 Å². The summed E-state index contributed by atoms with van der Waals surface area (Å²) in [6.45, 7) is 0. The lowest BCUT2D eigenvalue weighted by Gasteiger charge is -2.11. The Balaban J connectivity index is 1.27. The molecular weight excluding hydrogens is 526 g/mol. The van der Waals surface area contributed by atoms with Crippen LogP contribution in [-0.2, 0) is 0 Å². The van der Waals surface area contributed by atoms with E-state index in [1.54, 1.807) is 0 Å². The Morgan fingerprint density at radius 3 is 1.74 bits per heavy atom. The molecule has 0 unspecified atom stereocenters. The highest BCUT2D eigenvalue weighted by Crippen LogP contribution is 2.35. The molecular formula is C39H23N3O. The highest BCUT2D eigenvalue weighted by molar-refractivity contribution is 6.10. The van der Waals surface area contributed by atoms with Gasteiger partial charge < -0.3 is 4.42 Å². The molecule has 4 heteroatoms. The van der Waals surface area contributed by atoms with Crippen LogP contribution < -0.4 is 0 Å². The predicted octanol–water partition coefficient (Wildman–Crippen LogP) is 10.2. The zero-order valence-electron chi connectivity index (χ0n) is 23.0. The van der Waals surface area contributed by atoms with Gasteiger partial charge >= 0.3 is 0 Å². The lowest BCUT2D eigenvalue weighted by atomic mass is 10.0. The molecule has 0 saturated carbocycles. The van der Waals surface area contributed by atoms with Crippen LogP contribution in [-0.4, -0.2) is 15.0 Å². The first kappa shape index (κ1) is 23.8. The molecule has 7 aromatic carbocycles. The van der Waals surface area contributed by atoms with E-state index in [9.17, 15) is 0 Å². The van der Waals surface area contributed by atoms with Crippen molar-refractivity contribution in [2.24, 2.45) is 0 Å². The minimum Gasteiger partial charge on any atom is -0.456 e. The van der Waals surface area contributed by atoms with E-state index in [0.29, 0.717) is 17.5 Å². The topological polar surface area (TPSA) is 51.8 Å². The largest absolute Gasteiger partial charge is 0.456 e. The normalized spacial score (nSPS) is 11.7. The molecule has 43 heavy (non-hydrogen) atoms. The summed E-state index contributed by atoms with van der Waals surface area (Å²) in [6, 6.07) is 48.2. The smallest absolute Gasteiger partial charge is 0.164 e. The summed E-state index contributed by atoms with van der Waals surface area (Å²) in [4.78, 5) is 15.1. The zero-order valence-corrected chi connectivity index (χ0v) is 23.0. The highest BCUT2D eigenvalue weighted by atomic mass is 16.3. The summed E-state index contributed by atoms with van der Waals surface area (Å²) in [5, 5.41) is 9.09. The van der Waals surface area contributed by atoms with Gasteiger partial charge in [0, 0.05) is 27.5 Å². The van der Waals surface area contributed by atoms with Crippen LogP contribution >= 0.6 is 0 Å². The molecule has 2 aromatic heterocycles. The van der Waals surface area contributed by atoms with E-state index in [1.165, 1.54) is 10.8 Å². The van der Waals surface area contributed by atoms with Gasteiger partial charge in [0.1, 0.15) is 11.2 Å². The van der Waals surface area contributed by atoms with Gasteiger partial charge in [-0.25, -0.2) is 15.0 Å². The summed E-state index contributed by atoms with van der Waals surface area (Å²) >= 11 is 0. The molecule has 200 valence electrons. The van der Waals surface area contributed by atoms with E-state index in [-0.39, 0.29) is 0 Å². The maximum atomic E-state index is 6.39. The van der Waals surface area contributed by atoms with Gasteiger partial charge in [-0.3, -0.25) is 0 Å². The summed E-state index contributed by atoms with van der Waals surface area (Å²) in [5.74, 6) is 1.88. The molecule has 0 N–H and O–H groups in total. The van der Waals surface area contributed by atoms with Gasteiger partial charge in [-0.15, -0.1) is 0 Å². The molecule has 0 atom stereocenters. The van der Waals surface area contributed by atoms with E-state index in [1.807, 2.05) is 6.07 Å². The van der Waals surface area contributed by atoms with Crippen LogP contribution in [0.3, 0.4) is 0 Å². The first-order chi connectivity index (χ1) is 21.3. The monoisotopic (exact) mass is 549 g/mol. The number of fused-ring (bicyclic) bond motifs is 6. The number of hydrogen-bond acceptors (Lipinski definition) is 4. The number of rotatable bonds is 3. The number of aromatic nitrogens is 3. The molecule has 0 saturated heterocycles. The van der Waals surface area contributed by atoms with Crippen molar-refractivity contribution in [2.45, 2.75) is 0 Å². The molecule has 9 aromatic rings. The van der Waals surface area contributed by atoms with Crippen LogP contribution in [0.5, 0.6) is 0 Å². The second kappa shape index (κ2) is 9.33. The van der Waals surface area contributed by atoms with E-state index in [0.717, 1.165) is 60.2 Å². The summed E-state index contributed by atoms with van der Waals surface area (Å²) in [7, 11) is 0. The fraction of sp³-hybridized carbons (Fsp3) is 0. The van der Waals surface area contributed by atoms with Crippen molar-refractivity contribution in [3.05, 3.63) is 140 Å². The maximum absolute atomic E-state index is 6.39. The Morgan fingerprint density at radius 2 is 0.930 bits per heavy atom. The average Bonchev–Trinajstić information content (AvgIpc) is 3.43. The second-order valence-electron chi connectivity index (χ2n) is 10.9. The van der Waals surface area contributed by atoms with Crippen molar-refractivity contribution < 1.29 is 4.42 Å². The Morgan fingerprint density at radius 1 is 0.349 bits per heavy atom. The minimum absolute atomic E-state index is 0.605. The molecule has 0 aliphatic rings. The molecule has 4 nitrogen and oxygen atoms in total.